The van der Waals surface area contributed by atoms with Crippen molar-refractivity contribution in [2.24, 2.45) is 0 Å². The van der Waals surface area contributed by atoms with Crippen molar-refractivity contribution in [3.8, 4) is 0 Å². The van der Waals surface area contributed by atoms with Crippen LogP contribution in [0.5, 0.6) is 0 Å². The minimum Gasteiger partial charge on any atom is -0.335 e. The molecule has 178 valence electrons. The maximum atomic E-state index is 13.6. The first-order valence-electron chi connectivity index (χ1n) is 12.6. The van der Waals surface area contributed by atoms with Crippen molar-refractivity contribution in [2.45, 2.75) is 51.7 Å². The van der Waals surface area contributed by atoms with Crippen LogP contribution in [0.15, 0.2) is 85.1 Å². The molecule has 1 saturated heterocycles. The summed E-state index contributed by atoms with van der Waals surface area (Å²) >= 11 is 0. The molecule has 0 bridgehead atoms. The minimum atomic E-state index is 0.148. The molecule has 5 rings (SSSR count). The molecule has 1 aliphatic rings. The molecule has 1 fully saturated rings. The van der Waals surface area contributed by atoms with Crippen LogP contribution in [0.25, 0.3) is 10.9 Å². The van der Waals surface area contributed by atoms with Crippen LogP contribution in [0.4, 0.5) is 0 Å². The summed E-state index contributed by atoms with van der Waals surface area (Å²) in [6.07, 6.45) is 4.72. The zero-order chi connectivity index (χ0) is 24.2. The minimum absolute atomic E-state index is 0.148. The molecule has 1 amide bonds. The van der Waals surface area contributed by atoms with E-state index in [0.29, 0.717) is 6.04 Å². The van der Waals surface area contributed by atoms with E-state index >= 15 is 0 Å². The van der Waals surface area contributed by atoms with Gasteiger partial charge in [0.15, 0.2) is 0 Å². The van der Waals surface area contributed by atoms with E-state index in [1.807, 2.05) is 36.5 Å². The third-order valence-electron chi connectivity index (χ3n) is 7.00. The Morgan fingerprint density at radius 3 is 2.49 bits per heavy atom. The van der Waals surface area contributed by atoms with Crippen molar-refractivity contribution in [1.82, 2.24) is 15.2 Å². The van der Waals surface area contributed by atoms with Gasteiger partial charge in [-0.15, -0.1) is 0 Å². The standard InChI is InChI=1S/C31H33N3O/c1-22-14-23(2)16-27(15-22)31(35)34-13-12-28(19-29(34)18-24-8-4-3-5-9-24)32-20-25-17-26-10-6-7-11-30(26)33-21-25/h3-11,14-17,21,28-29,32H,12-13,18-20H2,1-2H3/t28-,29+/m0/s1. The van der Waals surface area contributed by atoms with E-state index in [1.54, 1.807) is 0 Å². The monoisotopic (exact) mass is 463 g/mol. The molecule has 0 radical (unpaired) electrons. The number of likely N-dealkylation sites (tertiary alicyclic amines) is 1. The number of carbonyl (C=O) groups is 1. The average Bonchev–Trinajstić information content (AvgIpc) is 2.87. The van der Waals surface area contributed by atoms with Crippen molar-refractivity contribution in [1.29, 1.82) is 0 Å². The number of fused-ring (bicyclic) bond motifs is 1. The number of amides is 1. The van der Waals surface area contributed by atoms with E-state index in [1.165, 1.54) is 16.5 Å². The van der Waals surface area contributed by atoms with Crippen LogP contribution in [0, 0.1) is 13.8 Å². The fourth-order valence-corrected chi connectivity index (χ4v) is 5.32. The molecule has 0 unspecified atom stereocenters. The maximum absolute atomic E-state index is 13.6. The van der Waals surface area contributed by atoms with Gasteiger partial charge >= 0.3 is 0 Å². The molecular formula is C31H33N3O. The predicted octanol–water partition coefficient (Wildman–Crippen LogP) is 5.86. The first-order chi connectivity index (χ1) is 17.0. The molecule has 4 aromatic rings. The van der Waals surface area contributed by atoms with Crippen LogP contribution in [-0.4, -0.2) is 34.4 Å². The molecule has 3 aromatic carbocycles. The predicted molar refractivity (Wildman–Crippen MR) is 142 cm³/mol. The zero-order valence-corrected chi connectivity index (χ0v) is 20.6. The first-order valence-corrected chi connectivity index (χ1v) is 12.6. The molecule has 1 aliphatic heterocycles. The van der Waals surface area contributed by atoms with Crippen molar-refractivity contribution in [3.63, 3.8) is 0 Å². The highest BCUT2D eigenvalue weighted by molar-refractivity contribution is 5.95. The van der Waals surface area contributed by atoms with Crippen LogP contribution in [-0.2, 0) is 13.0 Å². The second-order valence-electron chi connectivity index (χ2n) is 9.86. The second kappa shape index (κ2) is 10.4. The second-order valence-corrected chi connectivity index (χ2v) is 9.86. The molecule has 0 aliphatic carbocycles. The van der Waals surface area contributed by atoms with Crippen LogP contribution in [0.1, 0.15) is 45.5 Å². The Morgan fingerprint density at radius 2 is 1.69 bits per heavy atom. The molecule has 0 spiro atoms. The number of nitrogens with zero attached hydrogens (tertiary/aromatic N) is 2. The van der Waals surface area contributed by atoms with Gasteiger partial charge in [-0.3, -0.25) is 9.78 Å². The fourth-order valence-electron chi connectivity index (χ4n) is 5.32. The molecular weight excluding hydrogens is 430 g/mol. The Hall–Kier alpha value is -3.50. The lowest BCUT2D eigenvalue weighted by Crippen LogP contribution is -2.51. The number of para-hydroxylation sites is 1. The van der Waals surface area contributed by atoms with E-state index in [0.717, 1.165) is 54.6 Å². The largest absolute Gasteiger partial charge is 0.335 e. The van der Waals surface area contributed by atoms with Gasteiger partial charge in [0.05, 0.1) is 5.52 Å². The van der Waals surface area contributed by atoms with Crippen molar-refractivity contribution < 1.29 is 4.79 Å². The number of rotatable bonds is 6. The van der Waals surface area contributed by atoms with Gasteiger partial charge in [-0.25, -0.2) is 0 Å². The van der Waals surface area contributed by atoms with E-state index in [2.05, 4.69) is 77.6 Å². The van der Waals surface area contributed by atoms with Gasteiger partial charge < -0.3 is 10.2 Å². The van der Waals surface area contributed by atoms with Gasteiger partial charge in [-0.05, 0) is 68.5 Å². The van der Waals surface area contributed by atoms with Crippen LogP contribution >= 0.6 is 0 Å². The van der Waals surface area contributed by atoms with E-state index in [9.17, 15) is 4.79 Å². The van der Waals surface area contributed by atoms with Gasteiger partial charge in [-0.2, -0.15) is 0 Å². The lowest BCUT2D eigenvalue weighted by Gasteiger charge is -2.40. The summed E-state index contributed by atoms with van der Waals surface area (Å²) in [7, 11) is 0. The maximum Gasteiger partial charge on any atom is 0.254 e. The molecule has 1 N–H and O–H groups in total. The molecule has 4 nitrogen and oxygen atoms in total. The molecule has 0 saturated carbocycles. The molecule has 35 heavy (non-hydrogen) atoms. The lowest BCUT2D eigenvalue weighted by atomic mass is 9.91. The Bertz CT molecular complexity index is 1300. The van der Waals surface area contributed by atoms with Crippen molar-refractivity contribution in [3.05, 3.63) is 113 Å². The SMILES string of the molecule is Cc1cc(C)cc(C(=O)N2CC[C@H](NCc3cnc4ccccc4c3)C[C@H]2Cc2ccccc2)c1. The average molecular weight is 464 g/mol. The summed E-state index contributed by atoms with van der Waals surface area (Å²) in [6.45, 7) is 5.66. The number of piperidine rings is 1. The van der Waals surface area contributed by atoms with Gasteiger partial charge in [-0.1, -0.05) is 65.7 Å². The lowest BCUT2D eigenvalue weighted by molar-refractivity contribution is 0.0576. The summed E-state index contributed by atoms with van der Waals surface area (Å²) in [6, 6.07) is 27.7. The molecule has 2 heterocycles. The Labute approximate surface area is 208 Å². The summed E-state index contributed by atoms with van der Waals surface area (Å²) in [5.74, 6) is 0.148. The van der Waals surface area contributed by atoms with E-state index < -0.39 is 0 Å². The highest BCUT2D eigenvalue weighted by Crippen LogP contribution is 2.25. The Balaban J connectivity index is 1.31. The Morgan fingerprint density at radius 1 is 0.943 bits per heavy atom. The normalized spacial score (nSPS) is 18.1. The highest BCUT2D eigenvalue weighted by atomic mass is 16.2. The number of carbonyl (C=O) groups excluding carboxylic acids is 1. The number of nitrogens with one attached hydrogen (secondary N) is 1. The number of aromatic nitrogens is 1. The number of hydrogen-bond acceptors (Lipinski definition) is 3. The number of hydrogen-bond donors (Lipinski definition) is 1. The van der Waals surface area contributed by atoms with Gasteiger partial charge in [0.25, 0.3) is 5.91 Å². The fraction of sp³-hybridized carbons (Fsp3) is 0.290. The Kier molecular flexibility index (Phi) is 6.91. The molecule has 2 atom stereocenters. The molecule has 4 heteroatoms. The number of aryl methyl sites for hydroxylation is 2. The first kappa shape index (κ1) is 23.3. The van der Waals surface area contributed by atoms with Crippen molar-refractivity contribution >= 4 is 16.8 Å². The van der Waals surface area contributed by atoms with Crippen LogP contribution in [0.3, 0.4) is 0 Å². The smallest absolute Gasteiger partial charge is 0.254 e. The summed E-state index contributed by atoms with van der Waals surface area (Å²) < 4.78 is 0. The summed E-state index contributed by atoms with van der Waals surface area (Å²) in [5.41, 5.74) is 6.56. The van der Waals surface area contributed by atoms with E-state index in [4.69, 9.17) is 0 Å². The van der Waals surface area contributed by atoms with Crippen LogP contribution < -0.4 is 5.32 Å². The van der Waals surface area contributed by atoms with Gasteiger partial charge in [0, 0.05) is 42.3 Å². The topological polar surface area (TPSA) is 45.2 Å². The van der Waals surface area contributed by atoms with Gasteiger partial charge in [0.1, 0.15) is 0 Å². The quantitative estimate of drug-likeness (QED) is 0.390. The molecule has 1 aromatic heterocycles. The third kappa shape index (κ3) is 5.60. The van der Waals surface area contributed by atoms with E-state index in [-0.39, 0.29) is 11.9 Å². The highest BCUT2D eigenvalue weighted by Gasteiger charge is 2.32. The summed E-state index contributed by atoms with van der Waals surface area (Å²) in [5, 5.41) is 4.93. The van der Waals surface area contributed by atoms with Crippen LogP contribution in [0.2, 0.25) is 0 Å². The van der Waals surface area contributed by atoms with Gasteiger partial charge in [0.2, 0.25) is 0 Å². The third-order valence-corrected chi connectivity index (χ3v) is 7.00. The number of benzene rings is 3. The van der Waals surface area contributed by atoms with Crippen molar-refractivity contribution in [2.75, 3.05) is 6.54 Å². The zero-order valence-electron chi connectivity index (χ0n) is 20.6. The number of pyridine rings is 1. The summed E-state index contributed by atoms with van der Waals surface area (Å²) in [4.78, 5) is 20.3.